The minimum Gasteiger partial charge on any atom is -0.395 e. The number of aliphatic hydroxyl groups is 1. The molecule has 4 N–H and O–H groups in total. The van der Waals surface area contributed by atoms with Gasteiger partial charge in [-0.1, -0.05) is 43.6 Å². The Kier molecular flexibility index (Phi) is 5.58. The maximum absolute atomic E-state index is 9.58. The third kappa shape index (κ3) is 3.95. The monoisotopic (exact) mass is 325 g/mol. The third-order valence-electron chi connectivity index (χ3n) is 3.42. The summed E-state index contributed by atoms with van der Waals surface area (Å²) in [6.07, 6.45) is 1.76. The summed E-state index contributed by atoms with van der Waals surface area (Å²) in [6.45, 7) is 4.20. The standard InChI is InChI=1S/C15H20ClN3OS/c1-9(2)12(8-20)19-14(13-7-18-15(17)21-13)10-5-3-4-6-11(10)16/h3-7,9,12,14,19-20H,8H2,1-2H3,(H2,17,18)/t12-,14?/m0/s1. The number of aliphatic hydroxyl groups excluding tert-OH is 1. The van der Waals surface area contributed by atoms with Crippen molar-refractivity contribution in [2.75, 3.05) is 12.3 Å². The summed E-state index contributed by atoms with van der Waals surface area (Å²) in [4.78, 5) is 5.11. The van der Waals surface area contributed by atoms with Gasteiger partial charge in [-0.3, -0.25) is 0 Å². The highest BCUT2D eigenvalue weighted by molar-refractivity contribution is 7.15. The molecule has 2 rings (SSSR count). The summed E-state index contributed by atoms with van der Waals surface area (Å²) >= 11 is 7.76. The largest absolute Gasteiger partial charge is 0.395 e. The van der Waals surface area contributed by atoms with Crippen molar-refractivity contribution < 1.29 is 5.11 Å². The first-order chi connectivity index (χ1) is 10.0. The minimum absolute atomic E-state index is 0.0328. The second-order valence-corrected chi connectivity index (χ2v) is 6.76. The summed E-state index contributed by atoms with van der Waals surface area (Å²) < 4.78 is 0. The molecule has 4 nitrogen and oxygen atoms in total. The van der Waals surface area contributed by atoms with E-state index in [1.807, 2.05) is 24.3 Å². The van der Waals surface area contributed by atoms with Crippen LogP contribution in [0.1, 0.15) is 30.3 Å². The quantitative estimate of drug-likeness (QED) is 0.763. The molecule has 6 heteroatoms. The maximum atomic E-state index is 9.58. The van der Waals surface area contributed by atoms with Gasteiger partial charge in [0.25, 0.3) is 0 Å². The molecule has 0 spiro atoms. The van der Waals surface area contributed by atoms with Gasteiger partial charge in [0, 0.05) is 22.1 Å². The molecular formula is C15H20ClN3OS. The number of nitrogens with zero attached hydrogens (tertiary/aromatic N) is 1. The molecule has 0 aliphatic heterocycles. The van der Waals surface area contributed by atoms with E-state index in [4.69, 9.17) is 17.3 Å². The van der Waals surface area contributed by atoms with Gasteiger partial charge in [-0.15, -0.1) is 11.3 Å². The lowest BCUT2D eigenvalue weighted by Crippen LogP contribution is -2.39. The van der Waals surface area contributed by atoms with Crippen LogP contribution in [0.4, 0.5) is 5.13 Å². The fraction of sp³-hybridized carbons (Fsp3) is 0.400. The first-order valence-corrected chi connectivity index (χ1v) is 8.05. The molecule has 1 unspecified atom stereocenters. The molecule has 0 aliphatic carbocycles. The van der Waals surface area contributed by atoms with E-state index in [9.17, 15) is 5.11 Å². The van der Waals surface area contributed by atoms with Gasteiger partial charge >= 0.3 is 0 Å². The summed E-state index contributed by atoms with van der Waals surface area (Å²) in [5.41, 5.74) is 6.71. The van der Waals surface area contributed by atoms with E-state index in [0.717, 1.165) is 10.4 Å². The van der Waals surface area contributed by atoms with Crippen LogP contribution in [0.25, 0.3) is 0 Å². The lowest BCUT2D eigenvalue weighted by molar-refractivity contribution is 0.204. The number of thiazole rings is 1. The number of nitrogens with one attached hydrogen (secondary N) is 1. The van der Waals surface area contributed by atoms with Crippen molar-refractivity contribution in [3.05, 3.63) is 45.9 Å². The number of anilines is 1. The van der Waals surface area contributed by atoms with Gasteiger partial charge in [0.2, 0.25) is 0 Å². The van der Waals surface area contributed by atoms with Crippen molar-refractivity contribution in [3.8, 4) is 0 Å². The highest BCUT2D eigenvalue weighted by Gasteiger charge is 2.23. The Bertz CT molecular complexity index is 588. The fourth-order valence-electron chi connectivity index (χ4n) is 2.14. The number of nitrogens with two attached hydrogens (primary N) is 1. The van der Waals surface area contributed by atoms with Crippen LogP contribution in [0.15, 0.2) is 30.5 Å². The van der Waals surface area contributed by atoms with Crippen LogP contribution in [0.2, 0.25) is 5.02 Å². The van der Waals surface area contributed by atoms with Crippen LogP contribution in [0, 0.1) is 5.92 Å². The highest BCUT2D eigenvalue weighted by atomic mass is 35.5. The average molecular weight is 326 g/mol. The van der Waals surface area contributed by atoms with Gasteiger partial charge in [0.1, 0.15) is 0 Å². The molecule has 0 saturated heterocycles. The maximum Gasteiger partial charge on any atom is 0.180 e. The Morgan fingerprint density at radius 1 is 1.38 bits per heavy atom. The number of nitrogen functional groups attached to an aromatic ring is 1. The van der Waals surface area contributed by atoms with Crippen LogP contribution in [-0.4, -0.2) is 22.7 Å². The van der Waals surface area contributed by atoms with Gasteiger partial charge in [-0.05, 0) is 17.5 Å². The lowest BCUT2D eigenvalue weighted by atomic mass is 10.00. The molecule has 0 aliphatic rings. The van der Waals surface area contributed by atoms with Gasteiger partial charge in [0.05, 0.1) is 12.6 Å². The van der Waals surface area contributed by atoms with Crippen LogP contribution in [-0.2, 0) is 0 Å². The smallest absolute Gasteiger partial charge is 0.180 e. The molecule has 0 saturated carbocycles. The molecule has 1 heterocycles. The first kappa shape index (κ1) is 16.2. The molecule has 0 fully saturated rings. The third-order valence-corrected chi connectivity index (χ3v) is 4.66. The van der Waals surface area contributed by atoms with Crippen LogP contribution < -0.4 is 11.1 Å². The Morgan fingerprint density at radius 3 is 2.62 bits per heavy atom. The van der Waals surface area contributed by atoms with E-state index in [-0.39, 0.29) is 18.7 Å². The van der Waals surface area contributed by atoms with Crippen molar-refractivity contribution in [1.29, 1.82) is 0 Å². The molecule has 0 bridgehead atoms. The Morgan fingerprint density at radius 2 is 2.10 bits per heavy atom. The predicted octanol–water partition coefficient (Wildman–Crippen LogP) is 3.07. The van der Waals surface area contributed by atoms with E-state index in [2.05, 4.69) is 24.1 Å². The van der Waals surface area contributed by atoms with E-state index < -0.39 is 0 Å². The Labute approximate surface area is 134 Å². The van der Waals surface area contributed by atoms with Crippen molar-refractivity contribution >= 4 is 28.1 Å². The molecular weight excluding hydrogens is 306 g/mol. The number of aromatic nitrogens is 1. The fourth-order valence-corrected chi connectivity index (χ4v) is 3.15. The number of benzene rings is 1. The van der Waals surface area contributed by atoms with Gasteiger partial charge in [-0.2, -0.15) is 0 Å². The van der Waals surface area contributed by atoms with Crippen molar-refractivity contribution in [3.63, 3.8) is 0 Å². The predicted molar refractivity (Wildman–Crippen MR) is 88.7 cm³/mol. The molecule has 0 radical (unpaired) electrons. The highest BCUT2D eigenvalue weighted by Crippen LogP contribution is 2.32. The van der Waals surface area contributed by atoms with Crippen molar-refractivity contribution in [2.45, 2.75) is 25.9 Å². The molecule has 114 valence electrons. The Hall–Kier alpha value is -1.14. The van der Waals surface area contributed by atoms with Gasteiger partial charge in [-0.25, -0.2) is 4.98 Å². The Balaban J connectivity index is 2.38. The number of hydrogen-bond acceptors (Lipinski definition) is 5. The molecule has 0 amide bonds. The van der Waals surface area contributed by atoms with Crippen LogP contribution in [0.5, 0.6) is 0 Å². The average Bonchev–Trinajstić information content (AvgIpc) is 2.87. The number of hydrogen-bond donors (Lipinski definition) is 3. The van der Waals surface area contributed by atoms with Crippen molar-refractivity contribution in [1.82, 2.24) is 10.3 Å². The topological polar surface area (TPSA) is 71.2 Å². The molecule has 2 atom stereocenters. The summed E-state index contributed by atoms with van der Waals surface area (Å²) in [5.74, 6) is 0.297. The molecule has 2 aromatic rings. The SMILES string of the molecule is CC(C)[C@H](CO)NC(c1cnc(N)s1)c1ccccc1Cl. The van der Waals surface area contributed by atoms with E-state index in [1.165, 1.54) is 11.3 Å². The van der Waals surface area contributed by atoms with E-state index in [1.54, 1.807) is 6.20 Å². The van der Waals surface area contributed by atoms with Crippen LogP contribution in [0.3, 0.4) is 0 Å². The summed E-state index contributed by atoms with van der Waals surface area (Å²) in [7, 11) is 0. The zero-order valence-corrected chi connectivity index (χ0v) is 13.7. The second kappa shape index (κ2) is 7.22. The molecule has 1 aromatic carbocycles. The molecule has 1 aromatic heterocycles. The minimum atomic E-state index is -0.131. The van der Waals surface area contributed by atoms with Gasteiger partial charge < -0.3 is 16.2 Å². The lowest BCUT2D eigenvalue weighted by Gasteiger charge is -2.27. The summed E-state index contributed by atoms with van der Waals surface area (Å²) in [5, 5.41) is 14.3. The summed E-state index contributed by atoms with van der Waals surface area (Å²) in [6, 6.07) is 7.52. The zero-order valence-electron chi connectivity index (χ0n) is 12.1. The normalized spacial score (nSPS) is 14.3. The second-order valence-electron chi connectivity index (χ2n) is 5.26. The van der Waals surface area contributed by atoms with E-state index in [0.29, 0.717) is 16.1 Å². The van der Waals surface area contributed by atoms with Crippen molar-refractivity contribution in [2.24, 2.45) is 5.92 Å². The first-order valence-electron chi connectivity index (χ1n) is 6.85. The zero-order chi connectivity index (χ0) is 15.4. The van der Waals surface area contributed by atoms with Gasteiger partial charge in [0.15, 0.2) is 5.13 Å². The molecule has 21 heavy (non-hydrogen) atoms. The number of halogens is 1. The van der Waals surface area contributed by atoms with E-state index >= 15 is 0 Å². The number of rotatable bonds is 6. The van der Waals surface area contributed by atoms with Crippen LogP contribution >= 0.6 is 22.9 Å².